The summed E-state index contributed by atoms with van der Waals surface area (Å²) in [5.41, 5.74) is 0. The maximum atomic E-state index is 10.3. The molecule has 0 heterocycles. The fourth-order valence-corrected chi connectivity index (χ4v) is 1.73. The van der Waals surface area contributed by atoms with Crippen LogP contribution in [0.1, 0.15) is 39.5 Å². The Kier molecular flexibility index (Phi) is 5.50. The Bertz CT molecular complexity index is 196. The maximum Gasteiger partial charge on any atom is 0.0946 e. The van der Waals surface area contributed by atoms with E-state index in [-0.39, 0.29) is 5.75 Å². The van der Waals surface area contributed by atoms with E-state index in [2.05, 4.69) is 6.92 Å². The first kappa shape index (κ1) is 11.9. The molecule has 0 radical (unpaired) electrons. The van der Waals surface area contributed by atoms with Gasteiger partial charge in [-0.3, -0.25) is 0 Å². The Morgan fingerprint density at radius 1 is 1.33 bits per heavy atom. The van der Waals surface area contributed by atoms with Crippen LogP contribution in [0.3, 0.4) is 0 Å². The molecule has 0 aliphatic rings. The van der Waals surface area contributed by atoms with Crippen LogP contribution < -0.4 is 0 Å². The Hall–Kier alpha value is -0.0900. The minimum Gasteiger partial charge on any atom is -0.748 e. The van der Waals surface area contributed by atoms with Gasteiger partial charge in [0.05, 0.1) is 10.1 Å². The summed E-state index contributed by atoms with van der Waals surface area (Å²) in [6.45, 7) is 4.08. The van der Waals surface area contributed by atoms with E-state index in [0.717, 1.165) is 19.3 Å². The molecule has 4 heteroatoms. The summed E-state index contributed by atoms with van der Waals surface area (Å²) in [5.74, 6) is 0.145. The van der Waals surface area contributed by atoms with E-state index in [4.69, 9.17) is 0 Å². The third kappa shape index (κ3) is 8.01. The SMILES string of the molecule is CCCCC(C)CCS(=O)(=O)[O-]. The van der Waals surface area contributed by atoms with Gasteiger partial charge in [-0.05, 0) is 12.3 Å². The van der Waals surface area contributed by atoms with Crippen molar-refractivity contribution in [1.82, 2.24) is 0 Å². The topological polar surface area (TPSA) is 57.2 Å². The summed E-state index contributed by atoms with van der Waals surface area (Å²) in [7, 11) is -3.99. The molecular weight excluding hydrogens is 176 g/mol. The van der Waals surface area contributed by atoms with Gasteiger partial charge in [0.25, 0.3) is 0 Å². The van der Waals surface area contributed by atoms with Crippen LogP contribution in [0, 0.1) is 5.92 Å². The van der Waals surface area contributed by atoms with Crippen molar-refractivity contribution >= 4 is 10.1 Å². The molecule has 0 fully saturated rings. The van der Waals surface area contributed by atoms with E-state index in [1.54, 1.807) is 0 Å². The zero-order valence-electron chi connectivity index (χ0n) is 7.75. The minimum absolute atomic E-state index is 0.210. The van der Waals surface area contributed by atoms with Crippen LogP contribution in [0.5, 0.6) is 0 Å². The first-order valence-corrected chi connectivity index (χ1v) is 5.97. The highest BCUT2D eigenvalue weighted by Gasteiger charge is 2.03. The number of hydrogen-bond donors (Lipinski definition) is 0. The van der Waals surface area contributed by atoms with Crippen molar-refractivity contribution in [2.45, 2.75) is 39.5 Å². The van der Waals surface area contributed by atoms with E-state index in [0.29, 0.717) is 12.3 Å². The second kappa shape index (κ2) is 5.54. The minimum atomic E-state index is -3.99. The predicted molar refractivity (Wildman–Crippen MR) is 47.9 cm³/mol. The molecule has 0 rings (SSSR count). The average molecular weight is 193 g/mol. The lowest BCUT2D eigenvalue weighted by Crippen LogP contribution is -2.08. The second-order valence-electron chi connectivity index (χ2n) is 3.30. The van der Waals surface area contributed by atoms with E-state index >= 15 is 0 Å². The first-order valence-electron chi connectivity index (χ1n) is 4.39. The van der Waals surface area contributed by atoms with E-state index in [1.165, 1.54) is 0 Å². The monoisotopic (exact) mass is 193 g/mol. The molecule has 1 atom stereocenters. The molecule has 0 amide bonds. The molecular formula is C8H17O3S-. The average Bonchev–Trinajstić information content (AvgIpc) is 1.95. The first-order chi connectivity index (χ1) is 5.45. The molecule has 0 bridgehead atoms. The molecule has 0 aromatic rings. The number of unbranched alkanes of at least 4 members (excludes halogenated alkanes) is 1. The van der Waals surface area contributed by atoms with Crippen molar-refractivity contribution in [1.29, 1.82) is 0 Å². The Balaban J connectivity index is 3.51. The third-order valence-electron chi connectivity index (χ3n) is 1.91. The summed E-state index contributed by atoms with van der Waals surface area (Å²) in [5, 5.41) is 0. The van der Waals surface area contributed by atoms with Crippen molar-refractivity contribution in [3.63, 3.8) is 0 Å². The highest BCUT2D eigenvalue weighted by Crippen LogP contribution is 2.12. The second-order valence-corrected chi connectivity index (χ2v) is 4.82. The van der Waals surface area contributed by atoms with Crippen molar-refractivity contribution < 1.29 is 13.0 Å². The van der Waals surface area contributed by atoms with Gasteiger partial charge in [-0.25, -0.2) is 8.42 Å². The summed E-state index contributed by atoms with van der Waals surface area (Å²) in [6.07, 6.45) is 3.76. The van der Waals surface area contributed by atoms with Gasteiger partial charge in [0, 0.05) is 5.75 Å². The van der Waals surface area contributed by atoms with Crippen molar-refractivity contribution in [2.24, 2.45) is 5.92 Å². The molecule has 1 unspecified atom stereocenters. The number of rotatable bonds is 6. The van der Waals surface area contributed by atoms with Crippen LogP contribution in [0.15, 0.2) is 0 Å². The van der Waals surface area contributed by atoms with Crippen molar-refractivity contribution in [3.8, 4) is 0 Å². The molecule has 0 aromatic carbocycles. The molecule has 0 saturated heterocycles. The fourth-order valence-electron chi connectivity index (χ4n) is 1.04. The highest BCUT2D eigenvalue weighted by atomic mass is 32.2. The summed E-state index contributed by atoms with van der Waals surface area (Å²) in [6, 6.07) is 0. The van der Waals surface area contributed by atoms with E-state index < -0.39 is 10.1 Å². The summed E-state index contributed by atoms with van der Waals surface area (Å²) >= 11 is 0. The van der Waals surface area contributed by atoms with Gasteiger partial charge in [-0.15, -0.1) is 0 Å². The van der Waals surface area contributed by atoms with E-state index in [1.807, 2.05) is 6.92 Å². The molecule has 0 aliphatic heterocycles. The Morgan fingerprint density at radius 2 is 1.92 bits per heavy atom. The Labute approximate surface area is 74.9 Å². The van der Waals surface area contributed by atoms with Gasteiger partial charge in [0.1, 0.15) is 0 Å². The lowest BCUT2D eigenvalue weighted by Gasteiger charge is -2.12. The summed E-state index contributed by atoms with van der Waals surface area (Å²) < 4.78 is 30.8. The molecule has 3 nitrogen and oxygen atoms in total. The normalized spacial score (nSPS) is 14.6. The predicted octanol–water partition coefficient (Wildman–Crippen LogP) is 1.75. The van der Waals surface area contributed by atoms with Gasteiger partial charge in [0.15, 0.2) is 0 Å². The molecule has 0 N–H and O–H groups in total. The van der Waals surface area contributed by atoms with Crippen LogP contribution in [0.4, 0.5) is 0 Å². The quantitative estimate of drug-likeness (QED) is 0.604. The van der Waals surface area contributed by atoms with Gasteiger partial charge < -0.3 is 4.55 Å². The number of hydrogen-bond acceptors (Lipinski definition) is 3. The zero-order valence-corrected chi connectivity index (χ0v) is 8.56. The van der Waals surface area contributed by atoms with Crippen LogP contribution >= 0.6 is 0 Å². The maximum absolute atomic E-state index is 10.3. The lowest BCUT2D eigenvalue weighted by molar-refractivity contribution is 0.442. The third-order valence-corrected chi connectivity index (χ3v) is 2.65. The molecule has 74 valence electrons. The van der Waals surface area contributed by atoms with Crippen LogP contribution in [-0.2, 0) is 10.1 Å². The van der Waals surface area contributed by atoms with E-state index in [9.17, 15) is 13.0 Å². The van der Waals surface area contributed by atoms with Crippen LogP contribution in [-0.4, -0.2) is 18.7 Å². The molecule has 12 heavy (non-hydrogen) atoms. The largest absolute Gasteiger partial charge is 0.748 e. The molecule has 0 aliphatic carbocycles. The van der Waals surface area contributed by atoms with Crippen LogP contribution in [0.25, 0.3) is 0 Å². The molecule has 0 aromatic heterocycles. The fraction of sp³-hybridized carbons (Fsp3) is 1.00. The standard InChI is InChI=1S/C8H18O3S/c1-3-4-5-8(2)6-7-12(9,10)11/h8H,3-7H2,1-2H3,(H,9,10,11)/p-1. The van der Waals surface area contributed by atoms with Gasteiger partial charge in [-0.1, -0.05) is 33.1 Å². The highest BCUT2D eigenvalue weighted by molar-refractivity contribution is 7.85. The Morgan fingerprint density at radius 3 is 2.33 bits per heavy atom. The molecule has 0 spiro atoms. The summed E-state index contributed by atoms with van der Waals surface area (Å²) in [4.78, 5) is 0. The van der Waals surface area contributed by atoms with Crippen molar-refractivity contribution in [3.05, 3.63) is 0 Å². The van der Waals surface area contributed by atoms with Gasteiger partial charge in [0.2, 0.25) is 0 Å². The smallest absolute Gasteiger partial charge is 0.0946 e. The molecule has 0 saturated carbocycles. The lowest BCUT2D eigenvalue weighted by atomic mass is 10.0. The van der Waals surface area contributed by atoms with Gasteiger partial charge >= 0.3 is 0 Å². The van der Waals surface area contributed by atoms with Gasteiger partial charge in [-0.2, -0.15) is 0 Å². The zero-order chi connectivity index (χ0) is 9.61. The van der Waals surface area contributed by atoms with Crippen molar-refractivity contribution in [2.75, 3.05) is 5.75 Å². The van der Waals surface area contributed by atoms with Crippen LogP contribution in [0.2, 0.25) is 0 Å².